The molecule has 1 aromatic rings. The fraction of sp³-hybridized carbons (Fsp3) is 0.607. The minimum absolute atomic E-state index is 0.0679. The van der Waals surface area contributed by atoms with Crippen molar-refractivity contribution in [2.24, 2.45) is 0 Å². The molecule has 7 nitrogen and oxygen atoms in total. The maximum Gasteiger partial charge on any atom is 0.408 e. The number of alkyl carbamates (subject to hydrolysis) is 1. The van der Waals surface area contributed by atoms with Crippen molar-refractivity contribution in [2.45, 2.75) is 103 Å². The maximum absolute atomic E-state index is 13.8. The first-order chi connectivity index (χ1) is 16.4. The van der Waals surface area contributed by atoms with E-state index in [0.29, 0.717) is 17.5 Å². The van der Waals surface area contributed by atoms with Crippen LogP contribution in [0.5, 0.6) is 0 Å². The molecule has 0 aliphatic heterocycles. The number of terminal acetylenes is 1. The number of carbonyl (C=O) groups is 3. The molecule has 0 saturated heterocycles. The Bertz CT molecular complexity index is 936. The van der Waals surface area contributed by atoms with Crippen molar-refractivity contribution in [1.29, 1.82) is 0 Å². The largest absolute Gasteiger partial charge is 0.444 e. The van der Waals surface area contributed by atoms with E-state index in [2.05, 4.69) is 16.6 Å². The lowest BCUT2D eigenvalue weighted by Gasteiger charge is -2.43. The van der Waals surface area contributed by atoms with E-state index in [4.69, 9.17) is 11.2 Å². The van der Waals surface area contributed by atoms with Gasteiger partial charge in [-0.3, -0.25) is 9.59 Å². The summed E-state index contributed by atoms with van der Waals surface area (Å²) in [5.41, 5.74) is -0.233. The molecular formula is C28H41N3O4. The molecule has 1 fully saturated rings. The summed E-state index contributed by atoms with van der Waals surface area (Å²) in [4.78, 5) is 41.3. The van der Waals surface area contributed by atoms with E-state index in [0.717, 1.165) is 25.7 Å². The van der Waals surface area contributed by atoms with Crippen LogP contribution < -0.4 is 10.6 Å². The molecule has 1 unspecified atom stereocenters. The van der Waals surface area contributed by atoms with Crippen LogP contribution in [-0.4, -0.2) is 46.5 Å². The number of hydrogen-bond donors (Lipinski definition) is 2. The average molecular weight is 484 g/mol. The zero-order valence-electron chi connectivity index (χ0n) is 22.1. The Hall–Kier alpha value is -3.01. The molecule has 7 heteroatoms. The number of ether oxygens (including phenoxy) is 1. The molecule has 1 atom stereocenters. The number of amides is 3. The lowest BCUT2D eigenvalue weighted by Crippen LogP contribution is -2.57. The van der Waals surface area contributed by atoms with Crippen molar-refractivity contribution in [1.82, 2.24) is 15.5 Å². The minimum Gasteiger partial charge on any atom is -0.444 e. The van der Waals surface area contributed by atoms with E-state index < -0.39 is 29.2 Å². The number of nitrogens with one attached hydrogen (secondary N) is 2. The monoisotopic (exact) mass is 483 g/mol. The predicted molar refractivity (Wildman–Crippen MR) is 138 cm³/mol. The Morgan fingerprint density at radius 2 is 1.74 bits per heavy atom. The van der Waals surface area contributed by atoms with Crippen LogP contribution in [0.4, 0.5) is 4.79 Å². The average Bonchev–Trinajstić information content (AvgIpc) is 2.80. The first-order valence-electron chi connectivity index (χ1n) is 12.5. The number of hydrogen-bond acceptors (Lipinski definition) is 4. The molecule has 0 bridgehead atoms. The Morgan fingerprint density at radius 1 is 1.11 bits per heavy atom. The Labute approximate surface area is 210 Å². The molecule has 2 N–H and O–H groups in total. The molecule has 1 saturated carbocycles. The van der Waals surface area contributed by atoms with Crippen molar-refractivity contribution in [3.05, 3.63) is 35.4 Å². The van der Waals surface area contributed by atoms with Gasteiger partial charge in [-0.15, -0.1) is 6.42 Å². The van der Waals surface area contributed by atoms with Crippen molar-refractivity contribution in [3.8, 4) is 12.3 Å². The maximum atomic E-state index is 13.8. The van der Waals surface area contributed by atoms with Crippen molar-refractivity contribution < 1.29 is 19.1 Å². The van der Waals surface area contributed by atoms with E-state index in [1.54, 1.807) is 37.8 Å². The van der Waals surface area contributed by atoms with E-state index >= 15 is 0 Å². The van der Waals surface area contributed by atoms with Crippen LogP contribution in [0.2, 0.25) is 0 Å². The Morgan fingerprint density at radius 3 is 2.31 bits per heavy atom. The molecule has 2 rings (SSSR count). The summed E-state index contributed by atoms with van der Waals surface area (Å²) in [6.45, 7) is 10.7. The van der Waals surface area contributed by atoms with E-state index in [1.165, 1.54) is 6.42 Å². The molecule has 0 aromatic heterocycles. The smallest absolute Gasteiger partial charge is 0.408 e. The molecule has 192 valence electrons. The predicted octanol–water partition coefficient (Wildman–Crippen LogP) is 4.70. The van der Waals surface area contributed by atoms with Crippen molar-refractivity contribution in [2.75, 3.05) is 6.54 Å². The second-order valence-electron chi connectivity index (χ2n) is 10.8. The first-order valence-corrected chi connectivity index (χ1v) is 12.5. The summed E-state index contributed by atoms with van der Waals surface area (Å²) >= 11 is 0. The zero-order chi connectivity index (χ0) is 26.2. The number of benzene rings is 1. The van der Waals surface area contributed by atoms with E-state index in [9.17, 15) is 14.4 Å². The molecule has 1 aliphatic carbocycles. The normalized spacial score (nSPS) is 15.5. The molecule has 0 heterocycles. The summed E-state index contributed by atoms with van der Waals surface area (Å²) < 4.78 is 5.28. The van der Waals surface area contributed by atoms with Gasteiger partial charge in [0.1, 0.15) is 18.2 Å². The fourth-order valence-electron chi connectivity index (χ4n) is 4.34. The highest BCUT2D eigenvalue weighted by atomic mass is 16.6. The fourth-order valence-corrected chi connectivity index (χ4v) is 4.34. The molecule has 3 amide bonds. The number of rotatable bonds is 8. The summed E-state index contributed by atoms with van der Waals surface area (Å²) in [6, 6.07) is 6.34. The molecular weight excluding hydrogens is 442 g/mol. The second kappa shape index (κ2) is 12.1. The van der Waals surface area contributed by atoms with Gasteiger partial charge < -0.3 is 20.3 Å². The van der Waals surface area contributed by atoms with Gasteiger partial charge in [0.25, 0.3) is 0 Å². The van der Waals surface area contributed by atoms with Gasteiger partial charge in [0.2, 0.25) is 11.8 Å². The van der Waals surface area contributed by atoms with Gasteiger partial charge in [0.15, 0.2) is 0 Å². The molecule has 35 heavy (non-hydrogen) atoms. The second-order valence-corrected chi connectivity index (χ2v) is 10.8. The zero-order valence-corrected chi connectivity index (χ0v) is 22.1. The van der Waals surface area contributed by atoms with Gasteiger partial charge in [-0.2, -0.15) is 0 Å². The van der Waals surface area contributed by atoms with Crippen LogP contribution in [0, 0.1) is 12.3 Å². The standard InChI is InChI=1S/C28H41N3O4/c1-8-20-15-13-14-18-22(20)24(25(33)30-21-16-11-10-12-17-21)31(28(6,7)9-2)23(32)19-29-26(34)35-27(3,4)5/h1,13-15,18,21,24H,9-12,16-17,19H2,2-7H3,(H,29,34)(H,30,33). The molecule has 1 aromatic carbocycles. The number of nitrogens with zero attached hydrogens (tertiary/aromatic N) is 1. The van der Waals surface area contributed by atoms with E-state index in [1.807, 2.05) is 32.9 Å². The topological polar surface area (TPSA) is 87.7 Å². The molecule has 1 aliphatic rings. The van der Waals surface area contributed by atoms with Crippen LogP contribution in [0.25, 0.3) is 0 Å². The van der Waals surface area contributed by atoms with Crippen molar-refractivity contribution >= 4 is 17.9 Å². The van der Waals surface area contributed by atoms with Crippen LogP contribution in [0.1, 0.15) is 97.2 Å². The van der Waals surface area contributed by atoms with Crippen molar-refractivity contribution in [3.63, 3.8) is 0 Å². The minimum atomic E-state index is -0.938. The molecule has 0 radical (unpaired) electrons. The lowest BCUT2D eigenvalue weighted by molar-refractivity contribution is -0.147. The van der Waals surface area contributed by atoms with Gasteiger partial charge >= 0.3 is 6.09 Å². The van der Waals surface area contributed by atoms with Crippen LogP contribution in [-0.2, 0) is 14.3 Å². The van der Waals surface area contributed by atoms with Crippen LogP contribution >= 0.6 is 0 Å². The highest BCUT2D eigenvalue weighted by Crippen LogP contribution is 2.33. The first kappa shape index (κ1) is 28.2. The lowest BCUT2D eigenvalue weighted by atomic mass is 9.90. The van der Waals surface area contributed by atoms with Gasteiger partial charge in [0.05, 0.1) is 0 Å². The van der Waals surface area contributed by atoms with Gasteiger partial charge in [-0.25, -0.2) is 4.79 Å². The summed E-state index contributed by atoms with van der Waals surface area (Å²) in [7, 11) is 0. The molecule has 0 spiro atoms. The van der Waals surface area contributed by atoms with Crippen LogP contribution in [0.15, 0.2) is 24.3 Å². The summed E-state index contributed by atoms with van der Waals surface area (Å²) in [6.07, 6.45) is 10.8. The third kappa shape index (κ3) is 8.02. The number of carbonyl (C=O) groups excluding carboxylic acids is 3. The third-order valence-electron chi connectivity index (χ3n) is 6.44. The quantitative estimate of drug-likeness (QED) is 0.525. The summed E-state index contributed by atoms with van der Waals surface area (Å²) in [5, 5.41) is 5.73. The Kier molecular flexibility index (Phi) is 9.76. The van der Waals surface area contributed by atoms with Gasteiger partial charge in [-0.05, 0) is 65.5 Å². The third-order valence-corrected chi connectivity index (χ3v) is 6.44. The van der Waals surface area contributed by atoms with E-state index in [-0.39, 0.29) is 18.5 Å². The van der Waals surface area contributed by atoms with Gasteiger partial charge in [0, 0.05) is 17.1 Å². The Balaban J connectivity index is 2.44. The SMILES string of the molecule is C#Cc1ccccc1C(C(=O)NC1CCCCC1)N(C(=O)CNC(=O)OC(C)(C)C)C(C)(C)CC. The van der Waals surface area contributed by atoms with Gasteiger partial charge in [-0.1, -0.05) is 50.3 Å². The summed E-state index contributed by atoms with van der Waals surface area (Å²) in [5.74, 6) is 2.02. The highest BCUT2D eigenvalue weighted by Gasteiger charge is 2.41. The van der Waals surface area contributed by atoms with Crippen LogP contribution in [0.3, 0.4) is 0 Å². The highest BCUT2D eigenvalue weighted by molar-refractivity contribution is 5.91.